The number of urea groups is 1. The average Bonchev–Trinajstić information content (AvgIpc) is 2.68. The maximum absolute atomic E-state index is 12.1. The second kappa shape index (κ2) is 8.34. The third-order valence-corrected chi connectivity index (χ3v) is 4.59. The number of aromatic nitrogens is 1. The van der Waals surface area contributed by atoms with E-state index in [-0.39, 0.29) is 6.03 Å². The van der Waals surface area contributed by atoms with Crippen LogP contribution < -0.4 is 15.5 Å². The molecular formula is C20H23N5O. The first kappa shape index (κ1) is 17.7. The number of pyridine rings is 1. The lowest BCUT2D eigenvalue weighted by Gasteiger charge is -2.34. The molecule has 2 N–H and O–H groups in total. The highest BCUT2D eigenvalue weighted by molar-refractivity contribution is 5.89. The summed E-state index contributed by atoms with van der Waals surface area (Å²) in [7, 11) is 0. The van der Waals surface area contributed by atoms with E-state index in [0.29, 0.717) is 18.0 Å². The van der Waals surface area contributed by atoms with E-state index in [1.54, 1.807) is 18.3 Å². The van der Waals surface area contributed by atoms with E-state index in [4.69, 9.17) is 0 Å². The van der Waals surface area contributed by atoms with Gasteiger partial charge in [-0.25, -0.2) is 9.78 Å². The maximum atomic E-state index is 12.1. The van der Waals surface area contributed by atoms with Crippen LogP contribution in [0.2, 0.25) is 0 Å². The van der Waals surface area contributed by atoms with Crippen molar-refractivity contribution < 1.29 is 4.79 Å². The summed E-state index contributed by atoms with van der Waals surface area (Å²) in [5, 5.41) is 15.1. The molecule has 0 aliphatic carbocycles. The zero-order valence-electron chi connectivity index (χ0n) is 14.9. The van der Waals surface area contributed by atoms with Crippen LogP contribution in [0.4, 0.5) is 16.3 Å². The summed E-state index contributed by atoms with van der Waals surface area (Å²) in [6, 6.07) is 13.3. The summed E-state index contributed by atoms with van der Waals surface area (Å²) in [5.41, 5.74) is 2.54. The van der Waals surface area contributed by atoms with Crippen LogP contribution in [0, 0.1) is 24.2 Å². The van der Waals surface area contributed by atoms with Crippen molar-refractivity contribution in [2.75, 3.05) is 29.9 Å². The molecule has 134 valence electrons. The smallest absolute Gasteiger partial charge is 0.319 e. The van der Waals surface area contributed by atoms with E-state index in [9.17, 15) is 10.1 Å². The number of benzene rings is 1. The van der Waals surface area contributed by atoms with Crippen molar-refractivity contribution in [2.24, 2.45) is 5.92 Å². The van der Waals surface area contributed by atoms with Crippen LogP contribution in [0.15, 0.2) is 42.6 Å². The Morgan fingerprint density at radius 2 is 2.15 bits per heavy atom. The van der Waals surface area contributed by atoms with E-state index in [0.717, 1.165) is 43.0 Å². The minimum absolute atomic E-state index is 0.193. The Bertz CT molecular complexity index is 797. The minimum Gasteiger partial charge on any atom is -0.355 e. The van der Waals surface area contributed by atoms with Crippen molar-refractivity contribution >= 4 is 17.5 Å². The molecule has 0 spiro atoms. The van der Waals surface area contributed by atoms with Gasteiger partial charge in [0.05, 0.1) is 5.56 Å². The number of hydrogen-bond donors (Lipinski definition) is 2. The topological polar surface area (TPSA) is 81.1 Å². The molecule has 1 aromatic heterocycles. The molecule has 2 amide bonds. The Labute approximate surface area is 153 Å². The molecule has 1 atom stereocenters. The van der Waals surface area contributed by atoms with Gasteiger partial charge in [-0.15, -0.1) is 0 Å². The van der Waals surface area contributed by atoms with Crippen LogP contribution >= 0.6 is 0 Å². The van der Waals surface area contributed by atoms with Crippen molar-refractivity contribution in [1.82, 2.24) is 10.3 Å². The molecule has 6 nitrogen and oxygen atoms in total. The first-order valence-corrected chi connectivity index (χ1v) is 8.87. The van der Waals surface area contributed by atoms with E-state index in [1.165, 1.54) is 0 Å². The van der Waals surface area contributed by atoms with Crippen molar-refractivity contribution in [2.45, 2.75) is 19.8 Å². The lowest BCUT2D eigenvalue weighted by molar-refractivity contribution is 0.249. The molecule has 1 aromatic carbocycles. The number of carbonyl (C=O) groups is 1. The summed E-state index contributed by atoms with van der Waals surface area (Å²) in [6.07, 6.45) is 3.79. The molecule has 1 aliphatic heterocycles. The number of hydrogen-bond acceptors (Lipinski definition) is 4. The van der Waals surface area contributed by atoms with Crippen molar-refractivity contribution in [3.05, 3.63) is 53.7 Å². The summed E-state index contributed by atoms with van der Waals surface area (Å²) >= 11 is 0. The van der Waals surface area contributed by atoms with Gasteiger partial charge in [0.1, 0.15) is 11.9 Å². The Morgan fingerprint density at radius 3 is 2.92 bits per heavy atom. The zero-order valence-corrected chi connectivity index (χ0v) is 14.9. The number of nitriles is 1. The Balaban J connectivity index is 1.53. The first-order valence-electron chi connectivity index (χ1n) is 8.87. The van der Waals surface area contributed by atoms with Crippen LogP contribution in [0.25, 0.3) is 0 Å². The predicted molar refractivity (Wildman–Crippen MR) is 102 cm³/mol. The molecule has 1 saturated heterocycles. The Morgan fingerprint density at radius 1 is 1.35 bits per heavy atom. The second-order valence-corrected chi connectivity index (χ2v) is 6.64. The van der Waals surface area contributed by atoms with Gasteiger partial charge in [0.15, 0.2) is 0 Å². The third-order valence-electron chi connectivity index (χ3n) is 4.59. The molecule has 0 bridgehead atoms. The summed E-state index contributed by atoms with van der Waals surface area (Å²) in [5.74, 6) is 1.07. The Kier molecular flexibility index (Phi) is 5.69. The molecule has 0 radical (unpaired) electrons. The molecule has 2 heterocycles. The molecule has 0 saturated carbocycles. The van der Waals surface area contributed by atoms with Crippen LogP contribution in [-0.4, -0.2) is 30.6 Å². The number of amides is 2. The lowest BCUT2D eigenvalue weighted by atomic mass is 9.97. The van der Waals surface area contributed by atoms with E-state index < -0.39 is 0 Å². The van der Waals surface area contributed by atoms with Crippen LogP contribution in [0.3, 0.4) is 0 Å². The molecule has 6 heteroatoms. The molecule has 1 aliphatic rings. The molecular weight excluding hydrogens is 326 g/mol. The number of aryl methyl sites for hydroxylation is 1. The van der Waals surface area contributed by atoms with Gasteiger partial charge < -0.3 is 15.5 Å². The van der Waals surface area contributed by atoms with Gasteiger partial charge in [-0.05, 0) is 49.9 Å². The number of nitrogens with zero attached hydrogens (tertiary/aromatic N) is 3. The quantitative estimate of drug-likeness (QED) is 0.887. The molecule has 1 fully saturated rings. The van der Waals surface area contributed by atoms with E-state index in [1.807, 2.05) is 31.2 Å². The Hall–Kier alpha value is -3.07. The summed E-state index contributed by atoms with van der Waals surface area (Å²) in [6.45, 7) is 4.29. The normalized spacial score (nSPS) is 16.6. The summed E-state index contributed by atoms with van der Waals surface area (Å²) < 4.78 is 0. The lowest BCUT2D eigenvalue weighted by Crippen LogP contribution is -2.42. The molecule has 26 heavy (non-hydrogen) atoms. The second-order valence-electron chi connectivity index (χ2n) is 6.64. The number of rotatable bonds is 4. The molecule has 2 aromatic rings. The number of piperidine rings is 1. The fourth-order valence-corrected chi connectivity index (χ4v) is 3.21. The van der Waals surface area contributed by atoms with Gasteiger partial charge >= 0.3 is 6.03 Å². The van der Waals surface area contributed by atoms with Crippen LogP contribution in [0.5, 0.6) is 0 Å². The zero-order chi connectivity index (χ0) is 18.4. The molecule has 3 rings (SSSR count). The highest BCUT2D eigenvalue weighted by atomic mass is 16.2. The highest BCUT2D eigenvalue weighted by Crippen LogP contribution is 2.23. The van der Waals surface area contributed by atoms with Gasteiger partial charge in [-0.2, -0.15) is 5.26 Å². The van der Waals surface area contributed by atoms with Crippen molar-refractivity contribution in [3.63, 3.8) is 0 Å². The fraction of sp³-hybridized carbons (Fsp3) is 0.350. The number of carbonyl (C=O) groups excluding carboxylic acids is 1. The minimum atomic E-state index is -0.193. The standard InChI is InChI=1S/C20H23N5O/c1-15-6-8-18(9-7-15)24-20(26)23-13-16-4-3-11-25(14-16)19-17(12-21)5-2-10-22-19/h2,5-10,16H,3-4,11,13-14H2,1H3,(H2,23,24,26). The van der Waals surface area contributed by atoms with E-state index in [2.05, 4.69) is 26.6 Å². The number of anilines is 2. The van der Waals surface area contributed by atoms with Gasteiger partial charge in [-0.1, -0.05) is 17.7 Å². The van der Waals surface area contributed by atoms with Crippen LogP contribution in [0.1, 0.15) is 24.0 Å². The molecule has 1 unspecified atom stereocenters. The van der Waals surface area contributed by atoms with E-state index >= 15 is 0 Å². The number of nitrogens with one attached hydrogen (secondary N) is 2. The van der Waals surface area contributed by atoms with Gasteiger partial charge in [-0.3, -0.25) is 0 Å². The van der Waals surface area contributed by atoms with Gasteiger partial charge in [0, 0.05) is 31.5 Å². The van der Waals surface area contributed by atoms with Gasteiger partial charge in [0.2, 0.25) is 0 Å². The van der Waals surface area contributed by atoms with Gasteiger partial charge in [0.25, 0.3) is 0 Å². The largest absolute Gasteiger partial charge is 0.355 e. The maximum Gasteiger partial charge on any atom is 0.319 e. The fourth-order valence-electron chi connectivity index (χ4n) is 3.21. The highest BCUT2D eigenvalue weighted by Gasteiger charge is 2.23. The first-order chi connectivity index (χ1) is 12.7. The third kappa shape index (κ3) is 4.51. The van der Waals surface area contributed by atoms with Crippen LogP contribution in [-0.2, 0) is 0 Å². The SMILES string of the molecule is Cc1ccc(NC(=O)NCC2CCCN(c3ncccc3C#N)C2)cc1. The summed E-state index contributed by atoms with van der Waals surface area (Å²) in [4.78, 5) is 18.6. The predicted octanol–water partition coefficient (Wildman–Crippen LogP) is 3.30. The average molecular weight is 349 g/mol. The monoisotopic (exact) mass is 349 g/mol. The van der Waals surface area contributed by atoms with Crippen molar-refractivity contribution in [1.29, 1.82) is 5.26 Å². The van der Waals surface area contributed by atoms with Crippen molar-refractivity contribution in [3.8, 4) is 6.07 Å².